The SMILES string of the molecule is C[C@H]1CNCCN1S(=O)(=O)c1c(F)cc(F)cc1F. The molecule has 1 aliphatic rings. The van der Waals surface area contributed by atoms with Gasteiger partial charge in [0, 0.05) is 37.8 Å². The number of nitrogens with zero attached hydrogens (tertiary/aromatic N) is 1. The Hall–Kier alpha value is -1.12. The first-order valence-electron chi connectivity index (χ1n) is 5.71. The highest BCUT2D eigenvalue weighted by molar-refractivity contribution is 7.89. The minimum Gasteiger partial charge on any atom is -0.314 e. The average Bonchev–Trinajstić information content (AvgIpc) is 2.27. The lowest BCUT2D eigenvalue weighted by atomic mass is 10.3. The van der Waals surface area contributed by atoms with Gasteiger partial charge in [-0.3, -0.25) is 0 Å². The van der Waals surface area contributed by atoms with Gasteiger partial charge in [-0.05, 0) is 6.92 Å². The molecule has 1 aromatic carbocycles. The zero-order chi connectivity index (χ0) is 14.2. The van der Waals surface area contributed by atoms with Crippen LogP contribution in [0.3, 0.4) is 0 Å². The molecular formula is C11H13F3N2O2S. The third-order valence-corrected chi connectivity index (χ3v) is 5.04. The summed E-state index contributed by atoms with van der Waals surface area (Å²) in [5.41, 5.74) is 0. The van der Waals surface area contributed by atoms with Crippen molar-refractivity contribution in [3.8, 4) is 0 Å². The van der Waals surface area contributed by atoms with Crippen molar-refractivity contribution in [3.05, 3.63) is 29.6 Å². The molecule has 2 rings (SSSR count). The van der Waals surface area contributed by atoms with Crippen LogP contribution in [0.15, 0.2) is 17.0 Å². The maximum Gasteiger partial charge on any atom is 0.249 e. The van der Waals surface area contributed by atoms with Gasteiger partial charge < -0.3 is 5.32 Å². The first kappa shape index (κ1) is 14.3. The Balaban J connectivity index is 2.50. The summed E-state index contributed by atoms with van der Waals surface area (Å²) in [6.07, 6.45) is 0. The number of nitrogens with one attached hydrogen (secondary N) is 1. The molecule has 4 nitrogen and oxygen atoms in total. The predicted octanol–water partition coefficient (Wildman–Crippen LogP) is 1.09. The second-order valence-electron chi connectivity index (χ2n) is 4.37. The minimum absolute atomic E-state index is 0.111. The molecule has 8 heteroatoms. The van der Waals surface area contributed by atoms with Gasteiger partial charge in [-0.1, -0.05) is 0 Å². The van der Waals surface area contributed by atoms with Gasteiger partial charge in [0.25, 0.3) is 0 Å². The maximum absolute atomic E-state index is 13.6. The Bertz CT molecular complexity index is 569. The van der Waals surface area contributed by atoms with Gasteiger partial charge in [0.1, 0.15) is 17.5 Å². The van der Waals surface area contributed by atoms with Gasteiger partial charge in [0.2, 0.25) is 10.0 Å². The molecule has 0 bridgehead atoms. The molecule has 106 valence electrons. The van der Waals surface area contributed by atoms with Crippen LogP contribution in [0.2, 0.25) is 0 Å². The first-order chi connectivity index (χ1) is 8.84. The van der Waals surface area contributed by atoms with Gasteiger partial charge in [-0.25, -0.2) is 21.6 Å². The molecule has 1 atom stereocenters. The number of hydrogen-bond donors (Lipinski definition) is 1. The molecule has 1 aliphatic heterocycles. The lowest BCUT2D eigenvalue weighted by molar-refractivity contribution is 0.281. The third-order valence-electron chi connectivity index (χ3n) is 2.97. The quantitative estimate of drug-likeness (QED) is 0.888. The molecule has 0 radical (unpaired) electrons. The number of benzene rings is 1. The molecule has 1 N–H and O–H groups in total. The second-order valence-corrected chi connectivity index (χ2v) is 6.19. The summed E-state index contributed by atoms with van der Waals surface area (Å²) in [7, 11) is -4.31. The van der Waals surface area contributed by atoms with Crippen LogP contribution in [0.4, 0.5) is 13.2 Å². The monoisotopic (exact) mass is 294 g/mol. The van der Waals surface area contributed by atoms with E-state index in [2.05, 4.69) is 5.32 Å². The molecule has 1 saturated heterocycles. The fourth-order valence-corrected chi connectivity index (χ4v) is 3.80. The number of halogens is 3. The summed E-state index contributed by atoms with van der Waals surface area (Å²) in [5.74, 6) is -3.98. The van der Waals surface area contributed by atoms with Gasteiger partial charge in [0.05, 0.1) is 0 Å². The summed E-state index contributed by atoms with van der Waals surface area (Å²) in [6, 6.07) is 0.300. The number of rotatable bonds is 2. The molecule has 1 aromatic rings. The zero-order valence-corrected chi connectivity index (χ0v) is 11.0. The molecule has 19 heavy (non-hydrogen) atoms. The fraction of sp³-hybridized carbons (Fsp3) is 0.455. The van der Waals surface area contributed by atoms with Crippen LogP contribution in [0.1, 0.15) is 6.92 Å². The van der Waals surface area contributed by atoms with Crippen LogP contribution in [-0.2, 0) is 10.0 Å². The number of piperazine rings is 1. The highest BCUT2D eigenvalue weighted by Crippen LogP contribution is 2.25. The number of sulfonamides is 1. The van der Waals surface area contributed by atoms with Gasteiger partial charge in [0.15, 0.2) is 4.90 Å². The van der Waals surface area contributed by atoms with E-state index in [0.717, 1.165) is 4.31 Å². The third kappa shape index (κ3) is 2.60. The Morgan fingerprint density at radius 1 is 1.26 bits per heavy atom. The van der Waals surface area contributed by atoms with Gasteiger partial charge >= 0.3 is 0 Å². The normalized spacial score (nSPS) is 21.6. The van der Waals surface area contributed by atoms with Crippen LogP contribution in [0.5, 0.6) is 0 Å². The zero-order valence-electron chi connectivity index (χ0n) is 10.2. The molecule has 0 amide bonds. The fourth-order valence-electron chi connectivity index (χ4n) is 2.07. The smallest absolute Gasteiger partial charge is 0.249 e. The van der Waals surface area contributed by atoms with E-state index in [1.54, 1.807) is 6.92 Å². The minimum atomic E-state index is -4.31. The molecular weight excluding hydrogens is 281 g/mol. The van der Waals surface area contributed by atoms with Crippen LogP contribution < -0.4 is 5.32 Å². The van der Waals surface area contributed by atoms with Crippen molar-refractivity contribution >= 4 is 10.0 Å². The van der Waals surface area contributed by atoms with Crippen molar-refractivity contribution in [2.24, 2.45) is 0 Å². The van der Waals surface area contributed by atoms with Crippen molar-refractivity contribution in [2.75, 3.05) is 19.6 Å². The van der Waals surface area contributed by atoms with E-state index in [4.69, 9.17) is 0 Å². The summed E-state index contributed by atoms with van der Waals surface area (Å²) >= 11 is 0. The Kier molecular flexibility index (Phi) is 3.84. The summed E-state index contributed by atoms with van der Waals surface area (Å²) in [4.78, 5) is -1.09. The van der Waals surface area contributed by atoms with Crippen molar-refractivity contribution in [3.63, 3.8) is 0 Å². The van der Waals surface area contributed by atoms with E-state index < -0.39 is 38.4 Å². The van der Waals surface area contributed by atoms with Gasteiger partial charge in [-0.2, -0.15) is 4.31 Å². The summed E-state index contributed by atoms with van der Waals surface area (Å²) in [5, 5.41) is 2.97. The molecule has 0 saturated carbocycles. The molecule has 0 spiro atoms. The first-order valence-corrected chi connectivity index (χ1v) is 7.15. The Labute approximate surface area is 109 Å². The summed E-state index contributed by atoms with van der Waals surface area (Å²) in [6.45, 7) is 2.53. The Morgan fingerprint density at radius 3 is 2.37 bits per heavy atom. The van der Waals surface area contributed by atoms with Crippen LogP contribution in [0, 0.1) is 17.5 Å². The van der Waals surface area contributed by atoms with Crippen LogP contribution >= 0.6 is 0 Å². The summed E-state index contributed by atoms with van der Waals surface area (Å²) < 4.78 is 65.5. The van der Waals surface area contributed by atoms with Crippen molar-refractivity contribution < 1.29 is 21.6 Å². The molecule has 1 heterocycles. The predicted molar refractivity (Wildman–Crippen MR) is 62.5 cm³/mol. The van der Waals surface area contributed by atoms with E-state index in [0.29, 0.717) is 25.2 Å². The van der Waals surface area contributed by atoms with E-state index in [1.807, 2.05) is 0 Å². The molecule has 0 aliphatic carbocycles. The number of hydrogen-bond acceptors (Lipinski definition) is 3. The lowest BCUT2D eigenvalue weighted by Crippen LogP contribution is -2.52. The standard InChI is InChI=1S/C11H13F3N2O2S/c1-7-6-15-2-3-16(7)19(17,18)11-9(13)4-8(12)5-10(11)14/h4-5,7,15H,2-3,6H2,1H3/t7-/m0/s1. The van der Waals surface area contributed by atoms with E-state index in [9.17, 15) is 21.6 Å². The lowest BCUT2D eigenvalue weighted by Gasteiger charge is -2.32. The highest BCUT2D eigenvalue weighted by Gasteiger charge is 2.35. The van der Waals surface area contributed by atoms with E-state index in [-0.39, 0.29) is 6.54 Å². The highest BCUT2D eigenvalue weighted by atomic mass is 32.2. The van der Waals surface area contributed by atoms with E-state index in [1.165, 1.54) is 0 Å². The topological polar surface area (TPSA) is 49.4 Å². The Morgan fingerprint density at radius 2 is 1.84 bits per heavy atom. The largest absolute Gasteiger partial charge is 0.314 e. The molecule has 1 fully saturated rings. The van der Waals surface area contributed by atoms with Gasteiger partial charge in [-0.15, -0.1) is 0 Å². The molecule has 0 unspecified atom stereocenters. The van der Waals surface area contributed by atoms with Crippen molar-refractivity contribution in [2.45, 2.75) is 17.9 Å². The average molecular weight is 294 g/mol. The molecule has 0 aromatic heterocycles. The maximum atomic E-state index is 13.6. The van der Waals surface area contributed by atoms with Crippen LogP contribution in [0.25, 0.3) is 0 Å². The van der Waals surface area contributed by atoms with Crippen molar-refractivity contribution in [1.82, 2.24) is 9.62 Å². The van der Waals surface area contributed by atoms with Crippen molar-refractivity contribution in [1.29, 1.82) is 0 Å². The van der Waals surface area contributed by atoms with E-state index >= 15 is 0 Å². The van der Waals surface area contributed by atoms with Crippen LogP contribution in [-0.4, -0.2) is 38.4 Å². The second kappa shape index (κ2) is 5.10.